The molecule has 0 unspecified atom stereocenters. The van der Waals surface area contributed by atoms with Gasteiger partial charge in [0.15, 0.2) is 0 Å². The first kappa shape index (κ1) is 16.6. The van der Waals surface area contributed by atoms with Crippen LogP contribution in [0.5, 0.6) is 0 Å². The molecule has 11 heteroatoms. The number of anilines is 1. The summed E-state index contributed by atoms with van der Waals surface area (Å²) in [4.78, 5) is 25.6. The van der Waals surface area contributed by atoms with Crippen LogP contribution in [-0.4, -0.2) is 30.9 Å². The fourth-order valence-corrected chi connectivity index (χ4v) is 3.10. The van der Waals surface area contributed by atoms with Gasteiger partial charge in [0, 0.05) is 23.5 Å². The van der Waals surface area contributed by atoms with Crippen molar-refractivity contribution in [2.45, 2.75) is 6.42 Å². The summed E-state index contributed by atoms with van der Waals surface area (Å²) < 4.78 is 1.03. The number of aromatic amines is 1. The predicted octanol–water partition coefficient (Wildman–Crippen LogP) is 2.11. The first-order chi connectivity index (χ1) is 11.4. The summed E-state index contributed by atoms with van der Waals surface area (Å²) in [5.41, 5.74) is 0.375. The van der Waals surface area contributed by atoms with Gasteiger partial charge in [-0.15, -0.1) is 15.3 Å². The Balaban J connectivity index is 1.71. The molecule has 2 heterocycles. The predicted molar refractivity (Wildman–Crippen MR) is 91.0 cm³/mol. The van der Waals surface area contributed by atoms with Crippen LogP contribution in [0.3, 0.4) is 0 Å². The molecule has 3 rings (SSSR count). The normalized spacial score (nSPS) is 10.8. The van der Waals surface area contributed by atoms with Crippen molar-refractivity contribution in [1.29, 1.82) is 0 Å². The zero-order valence-corrected chi connectivity index (χ0v) is 14.5. The Hall–Kier alpha value is -2.23. The van der Waals surface area contributed by atoms with Gasteiger partial charge in [-0.2, -0.15) is 0 Å². The van der Waals surface area contributed by atoms with Crippen LogP contribution < -0.4 is 11.0 Å². The lowest BCUT2D eigenvalue weighted by Crippen LogP contribution is -2.14. The van der Waals surface area contributed by atoms with E-state index in [0.717, 1.165) is 10.2 Å². The van der Waals surface area contributed by atoms with Crippen LogP contribution in [0, 0.1) is 0 Å². The van der Waals surface area contributed by atoms with Crippen molar-refractivity contribution in [3.8, 4) is 0 Å². The topological polar surface area (TPSA) is 106 Å². The number of rotatable bonds is 4. The Bertz CT molecular complexity index is 964. The van der Waals surface area contributed by atoms with E-state index in [0.29, 0.717) is 26.6 Å². The highest BCUT2D eigenvalue weighted by Gasteiger charge is 2.15. The molecule has 0 saturated carbocycles. The Morgan fingerprint density at radius 3 is 2.83 bits per heavy atom. The summed E-state index contributed by atoms with van der Waals surface area (Å²) >= 11 is 13.2. The minimum atomic E-state index is -0.570. The van der Waals surface area contributed by atoms with Crippen LogP contribution in [-0.2, 0) is 13.5 Å². The van der Waals surface area contributed by atoms with E-state index >= 15 is 0 Å². The molecule has 8 nitrogen and oxygen atoms in total. The van der Waals surface area contributed by atoms with E-state index in [4.69, 9.17) is 23.2 Å². The monoisotopic (exact) mass is 384 g/mol. The average molecular weight is 385 g/mol. The molecule has 0 radical (unpaired) electrons. The van der Waals surface area contributed by atoms with Gasteiger partial charge in [0.25, 0.3) is 5.91 Å². The highest BCUT2D eigenvalue weighted by molar-refractivity contribution is 7.15. The van der Waals surface area contributed by atoms with Crippen molar-refractivity contribution in [2.75, 3.05) is 5.32 Å². The molecular weight excluding hydrogens is 375 g/mol. The summed E-state index contributed by atoms with van der Waals surface area (Å²) in [5, 5.41) is 16.3. The van der Waals surface area contributed by atoms with Crippen LogP contribution in [0.25, 0.3) is 0 Å². The van der Waals surface area contributed by atoms with E-state index in [-0.39, 0.29) is 5.82 Å². The molecule has 1 amide bonds. The first-order valence-electron chi connectivity index (χ1n) is 6.63. The number of amides is 1. The second-order valence-corrected chi connectivity index (χ2v) is 6.68. The van der Waals surface area contributed by atoms with Crippen LogP contribution in [0.15, 0.2) is 23.0 Å². The summed E-state index contributed by atoms with van der Waals surface area (Å²) in [7, 11) is 1.44. The van der Waals surface area contributed by atoms with Crippen LogP contribution in [0.4, 0.5) is 5.13 Å². The van der Waals surface area contributed by atoms with Crippen molar-refractivity contribution >= 4 is 45.6 Å². The smallest absolute Gasteiger partial charge is 0.294 e. The summed E-state index contributed by atoms with van der Waals surface area (Å²) in [6, 6.07) is 5.20. The standard InChI is InChI=1S/C13H10Cl2N6O2S/c1-21-13(23)16-10(20-21)11(22)17-12-19-18-9(24-12)4-6-2-3-7(14)5-8(6)15/h2-3,5H,4H2,1H3,(H,16,20,23)(H,17,19,22). The lowest BCUT2D eigenvalue weighted by atomic mass is 10.2. The maximum absolute atomic E-state index is 12.0. The van der Waals surface area contributed by atoms with Gasteiger partial charge in [-0.05, 0) is 17.7 Å². The molecule has 2 N–H and O–H groups in total. The second kappa shape index (κ2) is 6.71. The number of hydrogen-bond acceptors (Lipinski definition) is 6. The molecule has 0 aliphatic carbocycles. The second-order valence-electron chi connectivity index (χ2n) is 4.77. The molecule has 0 aliphatic rings. The van der Waals surface area contributed by atoms with E-state index < -0.39 is 11.6 Å². The fraction of sp³-hybridized carbons (Fsp3) is 0.154. The molecular formula is C13H10Cl2N6O2S. The van der Waals surface area contributed by atoms with Gasteiger partial charge >= 0.3 is 5.69 Å². The van der Waals surface area contributed by atoms with Crippen molar-refractivity contribution < 1.29 is 4.79 Å². The van der Waals surface area contributed by atoms with Gasteiger partial charge in [-0.1, -0.05) is 40.6 Å². The fourth-order valence-electron chi connectivity index (χ4n) is 1.86. The molecule has 124 valence electrons. The van der Waals surface area contributed by atoms with Crippen molar-refractivity contribution in [3.63, 3.8) is 0 Å². The van der Waals surface area contributed by atoms with E-state index in [2.05, 4.69) is 25.6 Å². The summed E-state index contributed by atoms with van der Waals surface area (Å²) in [5.74, 6) is -0.667. The zero-order chi connectivity index (χ0) is 17.3. The molecule has 24 heavy (non-hydrogen) atoms. The van der Waals surface area contributed by atoms with E-state index in [1.165, 1.54) is 18.4 Å². The SMILES string of the molecule is Cn1nc(C(=O)Nc2nnc(Cc3ccc(Cl)cc3Cl)s2)[nH]c1=O. The number of aryl methyl sites for hydroxylation is 1. The highest BCUT2D eigenvalue weighted by Crippen LogP contribution is 2.25. The Morgan fingerprint density at radius 2 is 2.17 bits per heavy atom. The summed E-state index contributed by atoms with van der Waals surface area (Å²) in [6.07, 6.45) is 0.462. The van der Waals surface area contributed by atoms with Crippen molar-refractivity contribution in [3.05, 3.63) is 55.1 Å². The maximum Gasteiger partial charge on any atom is 0.343 e. The Labute approximate surface area is 149 Å². The number of halogens is 2. The average Bonchev–Trinajstić information content (AvgIpc) is 3.09. The van der Waals surface area contributed by atoms with Crippen LogP contribution in [0.2, 0.25) is 10.0 Å². The number of carbonyl (C=O) groups is 1. The lowest BCUT2D eigenvalue weighted by molar-refractivity contribution is 0.101. The molecule has 2 aromatic heterocycles. The summed E-state index contributed by atoms with van der Waals surface area (Å²) in [6.45, 7) is 0. The minimum absolute atomic E-state index is 0.0972. The Morgan fingerprint density at radius 1 is 1.38 bits per heavy atom. The highest BCUT2D eigenvalue weighted by atomic mass is 35.5. The number of hydrogen-bond donors (Lipinski definition) is 2. The third kappa shape index (κ3) is 3.64. The molecule has 3 aromatic rings. The van der Waals surface area contributed by atoms with E-state index in [1.54, 1.807) is 12.1 Å². The molecule has 0 fully saturated rings. The molecule has 0 atom stereocenters. The zero-order valence-electron chi connectivity index (χ0n) is 12.2. The minimum Gasteiger partial charge on any atom is -0.294 e. The number of carbonyl (C=O) groups excluding carboxylic acids is 1. The van der Waals surface area contributed by atoms with Gasteiger partial charge in [0.1, 0.15) is 5.01 Å². The third-order valence-electron chi connectivity index (χ3n) is 3.03. The molecule has 0 spiro atoms. The largest absolute Gasteiger partial charge is 0.343 e. The number of aromatic nitrogens is 5. The number of nitrogens with one attached hydrogen (secondary N) is 2. The third-order valence-corrected chi connectivity index (χ3v) is 4.45. The molecule has 1 aromatic carbocycles. The van der Waals surface area contributed by atoms with Gasteiger partial charge in [0.05, 0.1) is 0 Å². The van der Waals surface area contributed by atoms with Crippen LogP contribution >= 0.6 is 34.5 Å². The van der Waals surface area contributed by atoms with Gasteiger partial charge in [-0.3, -0.25) is 15.1 Å². The van der Waals surface area contributed by atoms with Crippen molar-refractivity contribution in [1.82, 2.24) is 25.0 Å². The van der Waals surface area contributed by atoms with Crippen molar-refractivity contribution in [2.24, 2.45) is 7.05 Å². The maximum atomic E-state index is 12.0. The quantitative estimate of drug-likeness (QED) is 0.716. The molecule has 0 saturated heterocycles. The van der Waals surface area contributed by atoms with Gasteiger partial charge in [0.2, 0.25) is 11.0 Å². The van der Waals surface area contributed by atoms with E-state index in [9.17, 15) is 9.59 Å². The Kier molecular flexibility index (Phi) is 4.65. The van der Waals surface area contributed by atoms with Crippen LogP contribution in [0.1, 0.15) is 21.2 Å². The first-order valence-corrected chi connectivity index (χ1v) is 8.20. The molecule has 0 aliphatic heterocycles. The molecule has 0 bridgehead atoms. The van der Waals surface area contributed by atoms with Gasteiger partial charge < -0.3 is 0 Å². The van der Waals surface area contributed by atoms with E-state index in [1.807, 2.05) is 6.07 Å². The number of nitrogens with zero attached hydrogens (tertiary/aromatic N) is 4. The van der Waals surface area contributed by atoms with Gasteiger partial charge in [-0.25, -0.2) is 9.48 Å². The lowest BCUT2D eigenvalue weighted by Gasteiger charge is -2.01. The number of benzene rings is 1. The number of H-pyrrole nitrogens is 1.